The molecule has 3 aromatic rings. The van der Waals surface area contributed by atoms with Crippen molar-refractivity contribution in [1.82, 2.24) is 4.98 Å². The van der Waals surface area contributed by atoms with Crippen molar-refractivity contribution in [2.24, 2.45) is 0 Å². The van der Waals surface area contributed by atoms with Gasteiger partial charge in [-0.1, -0.05) is 34.1 Å². The first-order valence-electron chi connectivity index (χ1n) is 8.76. The minimum absolute atomic E-state index is 0.177. The Kier molecular flexibility index (Phi) is 7.46. The van der Waals surface area contributed by atoms with E-state index in [-0.39, 0.29) is 5.75 Å². The van der Waals surface area contributed by atoms with Gasteiger partial charge in [0.15, 0.2) is 9.84 Å². The van der Waals surface area contributed by atoms with Crippen LogP contribution in [0, 0.1) is 0 Å². The fourth-order valence-corrected chi connectivity index (χ4v) is 5.15. The summed E-state index contributed by atoms with van der Waals surface area (Å²) in [5.41, 5.74) is 2.34. The number of halogens is 1. The molecule has 0 aliphatic rings. The van der Waals surface area contributed by atoms with Gasteiger partial charge in [-0.3, -0.25) is 9.78 Å². The van der Waals surface area contributed by atoms with Crippen LogP contribution in [-0.2, 0) is 26.1 Å². The van der Waals surface area contributed by atoms with Crippen molar-refractivity contribution in [3.8, 4) is 0 Å². The van der Waals surface area contributed by atoms with Gasteiger partial charge in [0.25, 0.3) is 0 Å². The van der Waals surface area contributed by atoms with E-state index in [4.69, 9.17) is 0 Å². The van der Waals surface area contributed by atoms with Gasteiger partial charge < -0.3 is 5.32 Å². The van der Waals surface area contributed by atoms with E-state index >= 15 is 0 Å². The molecule has 2 aromatic carbocycles. The molecule has 150 valence electrons. The van der Waals surface area contributed by atoms with E-state index in [9.17, 15) is 13.2 Å². The molecule has 0 saturated carbocycles. The molecule has 0 atom stereocenters. The molecule has 1 heterocycles. The van der Waals surface area contributed by atoms with Crippen molar-refractivity contribution in [3.05, 3.63) is 88.7 Å². The smallest absolute Gasteiger partial charge is 0.239 e. The molecule has 0 bridgehead atoms. The summed E-state index contributed by atoms with van der Waals surface area (Å²) in [6.45, 7) is 0. The maximum Gasteiger partial charge on any atom is 0.239 e. The molecule has 5 nitrogen and oxygen atoms in total. The molecule has 0 radical (unpaired) electrons. The van der Waals surface area contributed by atoms with Crippen molar-refractivity contribution < 1.29 is 13.2 Å². The molecular weight excluding hydrogens is 472 g/mol. The number of hydrogen-bond donors (Lipinski definition) is 1. The Hall–Kier alpha value is -2.16. The second-order valence-corrected chi connectivity index (χ2v) is 10.4. The van der Waals surface area contributed by atoms with Gasteiger partial charge in [-0.05, 0) is 53.6 Å². The standard InChI is InChI=1S/C21H19BrN2O3S2/c22-18-5-1-3-16(11-18)14-29(26,27)15-21(25)24-19-6-8-20(9-7-19)28-13-17-4-2-10-23-12-17/h1-12H,13-15H2,(H,24,25). The van der Waals surface area contributed by atoms with Crippen molar-refractivity contribution >= 4 is 49.1 Å². The van der Waals surface area contributed by atoms with Gasteiger partial charge in [0.05, 0.1) is 5.75 Å². The van der Waals surface area contributed by atoms with Crippen molar-refractivity contribution in [3.63, 3.8) is 0 Å². The molecule has 0 aliphatic heterocycles. The van der Waals surface area contributed by atoms with E-state index < -0.39 is 21.5 Å². The van der Waals surface area contributed by atoms with Crippen LogP contribution < -0.4 is 5.32 Å². The lowest BCUT2D eigenvalue weighted by Gasteiger charge is -2.08. The van der Waals surface area contributed by atoms with Crippen LogP contribution >= 0.6 is 27.7 Å². The topological polar surface area (TPSA) is 76.1 Å². The van der Waals surface area contributed by atoms with Gasteiger partial charge in [0, 0.05) is 33.2 Å². The van der Waals surface area contributed by atoms with Gasteiger partial charge in [-0.25, -0.2) is 8.42 Å². The number of pyridine rings is 1. The third-order valence-corrected chi connectivity index (χ3v) is 6.94. The lowest BCUT2D eigenvalue weighted by Crippen LogP contribution is -2.23. The van der Waals surface area contributed by atoms with Gasteiger partial charge in [0.2, 0.25) is 5.91 Å². The van der Waals surface area contributed by atoms with Gasteiger partial charge in [0.1, 0.15) is 5.75 Å². The average Bonchev–Trinajstić information content (AvgIpc) is 2.67. The minimum Gasteiger partial charge on any atom is -0.325 e. The fraction of sp³-hybridized carbons (Fsp3) is 0.143. The van der Waals surface area contributed by atoms with E-state index in [1.807, 2.05) is 36.5 Å². The number of nitrogens with zero attached hydrogens (tertiary/aromatic N) is 1. The van der Waals surface area contributed by atoms with Crippen molar-refractivity contribution in [1.29, 1.82) is 0 Å². The molecule has 1 aromatic heterocycles. The Morgan fingerprint density at radius 1 is 1.03 bits per heavy atom. The molecule has 0 aliphatic carbocycles. The van der Waals surface area contributed by atoms with Gasteiger partial charge in [-0.2, -0.15) is 0 Å². The SMILES string of the molecule is O=C(CS(=O)(=O)Cc1cccc(Br)c1)Nc1ccc(SCc2cccnc2)cc1. The van der Waals surface area contributed by atoms with Gasteiger partial charge >= 0.3 is 0 Å². The lowest BCUT2D eigenvalue weighted by atomic mass is 10.2. The highest BCUT2D eigenvalue weighted by molar-refractivity contribution is 9.10. The lowest BCUT2D eigenvalue weighted by molar-refractivity contribution is -0.113. The van der Waals surface area contributed by atoms with Crippen LogP contribution in [0.2, 0.25) is 0 Å². The predicted octanol–water partition coefficient (Wildman–Crippen LogP) is 4.69. The molecule has 1 amide bonds. The van der Waals surface area contributed by atoms with Crippen LogP contribution in [0.15, 0.2) is 82.4 Å². The molecule has 29 heavy (non-hydrogen) atoms. The van der Waals surface area contributed by atoms with E-state index in [0.29, 0.717) is 11.3 Å². The number of anilines is 1. The average molecular weight is 491 g/mol. The Morgan fingerprint density at radius 2 is 1.79 bits per heavy atom. The number of sulfone groups is 1. The molecule has 0 unspecified atom stereocenters. The van der Waals surface area contributed by atoms with Crippen LogP contribution in [0.3, 0.4) is 0 Å². The van der Waals surface area contributed by atoms with Crippen LogP contribution in [0.25, 0.3) is 0 Å². The molecule has 0 saturated heterocycles. The van der Waals surface area contributed by atoms with E-state index in [0.717, 1.165) is 20.7 Å². The number of nitrogens with one attached hydrogen (secondary N) is 1. The third-order valence-electron chi connectivity index (χ3n) is 3.89. The first-order chi connectivity index (χ1) is 13.9. The predicted molar refractivity (Wildman–Crippen MR) is 121 cm³/mol. The monoisotopic (exact) mass is 490 g/mol. The largest absolute Gasteiger partial charge is 0.325 e. The van der Waals surface area contributed by atoms with Crippen LogP contribution in [0.4, 0.5) is 5.69 Å². The number of benzene rings is 2. The summed E-state index contributed by atoms with van der Waals surface area (Å²) in [7, 11) is -3.56. The molecule has 0 spiro atoms. The minimum atomic E-state index is -3.56. The zero-order valence-corrected chi connectivity index (χ0v) is 18.6. The van der Waals surface area contributed by atoms with Gasteiger partial charge in [-0.15, -0.1) is 11.8 Å². The summed E-state index contributed by atoms with van der Waals surface area (Å²) in [6, 6.07) is 18.3. The van der Waals surface area contributed by atoms with Crippen LogP contribution in [-0.4, -0.2) is 25.1 Å². The Morgan fingerprint density at radius 3 is 2.48 bits per heavy atom. The second kappa shape index (κ2) is 10.0. The summed E-state index contributed by atoms with van der Waals surface area (Å²) >= 11 is 4.98. The van der Waals surface area contributed by atoms with Crippen molar-refractivity contribution in [2.75, 3.05) is 11.1 Å². The molecule has 3 rings (SSSR count). The third kappa shape index (κ3) is 7.30. The zero-order valence-electron chi connectivity index (χ0n) is 15.4. The number of thioether (sulfide) groups is 1. The number of hydrogen-bond acceptors (Lipinski definition) is 5. The summed E-state index contributed by atoms with van der Waals surface area (Å²) in [5, 5.41) is 2.65. The normalized spacial score (nSPS) is 11.2. The van der Waals surface area contributed by atoms with Crippen molar-refractivity contribution in [2.45, 2.75) is 16.4 Å². The summed E-state index contributed by atoms with van der Waals surface area (Å²) in [5.74, 6) is -0.482. The zero-order chi connectivity index (χ0) is 20.7. The first kappa shape index (κ1) is 21.5. The summed E-state index contributed by atoms with van der Waals surface area (Å²) in [4.78, 5) is 17.3. The number of aromatic nitrogens is 1. The molecular formula is C21H19BrN2O3S2. The van der Waals surface area contributed by atoms with E-state index in [2.05, 4.69) is 26.2 Å². The fourth-order valence-electron chi connectivity index (χ4n) is 2.61. The summed E-state index contributed by atoms with van der Waals surface area (Å²) < 4.78 is 25.4. The molecule has 8 heteroatoms. The highest BCUT2D eigenvalue weighted by atomic mass is 79.9. The Balaban J connectivity index is 1.52. The van der Waals surface area contributed by atoms with E-state index in [1.165, 1.54) is 0 Å². The highest BCUT2D eigenvalue weighted by Gasteiger charge is 2.18. The number of carbonyl (C=O) groups is 1. The Labute approximate surface area is 183 Å². The molecule has 1 N–H and O–H groups in total. The highest BCUT2D eigenvalue weighted by Crippen LogP contribution is 2.24. The second-order valence-electron chi connectivity index (χ2n) is 6.38. The summed E-state index contributed by atoms with van der Waals surface area (Å²) in [6.07, 6.45) is 3.57. The number of amides is 1. The number of rotatable bonds is 8. The first-order valence-corrected chi connectivity index (χ1v) is 12.4. The maximum absolute atomic E-state index is 12.3. The van der Waals surface area contributed by atoms with Crippen LogP contribution in [0.1, 0.15) is 11.1 Å². The number of carbonyl (C=O) groups excluding carboxylic acids is 1. The van der Waals surface area contributed by atoms with E-state index in [1.54, 1.807) is 48.3 Å². The maximum atomic E-state index is 12.3. The van der Waals surface area contributed by atoms with Crippen LogP contribution in [0.5, 0.6) is 0 Å². The quantitative estimate of drug-likeness (QED) is 0.463. The Bertz CT molecular complexity index is 1070. The molecule has 0 fully saturated rings.